The van der Waals surface area contributed by atoms with E-state index in [2.05, 4.69) is 4.74 Å². The fourth-order valence-electron chi connectivity index (χ4n) is 0.542. The number of hydrogen-bond donors (Lipinski definition) is 1. The third kappa shape index (κ3) is 1.35. The van der Waals surface area contributed by atoms with Gasteiger partial charge in [-0.2, -0.15) is 0 Å². The van der Waals surface area contributed by atoms with Gasteiger partial charge in [0.2, 0.25) is 5.76 Å². The van der Waals surface area contributed by atoms with Gasteiger partial charge in [-0.25, -0.2) is 4.79 Å². The van der Waals surface area contributed by atoms with Crippen LogP contribution in [-0.4, -0.2) is 12.7 Å². The molecule has 0 bridgehead atoms. The summed E-state index contributed by atoms with van der Waals surface area (Å²) >= 11 is 0. The van der Waals surface area contributed by atoms with Crippen LogP contribution < -0.4 is 5.73 Å². The van der Waals surface area contributed by atoms with Crippen molar-refractivity contribution in [2.24, 2.45) is 5.73 Å². The summed E-state index contributed by atoms with van der Waals surface area (Å²) in [6.07, 6.45) is 1.40. The molecule has 0 aliphatic heterocycles. The molecule has 2 N–H and O–H groups in total. The monoisotopic (exact) mass is 141 g/mol. The van der Waals surface area contributed by atoms with Crippen LogP contribution in [0.4, 0.5) is 0 Å². The SMILES string of the molecule is NCOC(=O)c1ccco1. The average Bonchev–Trinajstić information content (AvgIpc) is 2.38. The fraction of sp³-hybridized carbons (Fsp3) is 0.167. The van der Waals surface area contributed by atoms with Crippen LogP contribution in [0, 0.1) is 0 Å². The van der Waals surface area contributed by atoms with Crippen molar-refractivity contribution < 1.29 is 13.9 Å². The van der Waals surface area contributed by atoms with Crippen LogP contribution in [0.2, 0.25) is 0 Å². The summed E-state index contributed by atoms with van der Waals surface area (Å²) in [6, 6.07) is 3.12. The molecule has 0 spiro atoms. The van der Waals surface area contributed by atoms with Gasteiger partial charge >= 0.3 is 5.97 Å². The second-order valence-corrected chi connectivity index (χ2v) is 1.58. The molecule has 0 atom stereocenters. The maximum Gasteiger partial charge on any atom is 0.375 e. The second kappa shape index (κ2) is 3.03. The van der Waals surface area contributed by atoms with E-state index in [1.807, 2.05) is 0 Å². The molecule has 1 aromatic rings. The van der Waals surface area contributed by atoms with Crippen molar-refractivity contribution in [2.75, 3.05) is 6.73 Å². The molecule has 1 heterocycles. The van der Waals surface area contributed by atoms with E-state index in [0.29, 0.717) is 0 Å². The fourth-order valence-corrected chi connectivity index (χ4v) is 0.542. The minimum atomic E-state index is -0.535. The van der Waals surface area contributed by atoms with E-state index in [1.54, 1.807) is 6.07 Å². The summed E-state index contributed by atoms with van der Waals surface area (Å²) in [5.41, 5.74) is 4.95. The minimum Gasteiger partial charge on any atom is -0.457 e. The molecule has 0 unspecified atom stereocenters. The van der Waals surface area contributed by atoms with Gasteiger partial charge < -0.3 is 9.15 Å². The lowest BCUT2D eigenvalue weighted by atomic mass is 10.5. The van der Waals surface area contributed by atoms with Crippen LogP contribution in [0.3, 0.4) is 0 Å². The smallest absolute Gasteiger partial charge is 0.375 e. The van der Waals surface area contributed by atoms with Crippen LogP contribution in [0.1, 0.15) is 10.6 Å². The molecule has 4 nitrogen and oxygen atoms in total. The normalized spacial score (nSPS) is 9.30. The summed E-state index contributed by atoms with van der Waals surface area (Å²) in [5.74, 6) is -0.363. The molecule has 1 rings (SSSR count). The van der Waals surface area contributed by atoms with Crippen molar-refractivity contribution in [3.8, 4) is 0 Å². The molecular weight excluding hydrogens is 134 g/mol. The Morgan fingerprint density at radius 1 is 1.80 bits per heavy atom. The Balaban J connectivity index is 2.59. The maximum atomic E-state index is 10.7. The highest BCUT2D eigenvalue weighted by Gasteiger charge is 2.07. The molecule has 0 aliphatic carbocycles. The first-order valence-corrected chi connectivity index (χ1v) is 2.75. The molecule has 54 valence electrons. The molecule has 0 saturated carbocycles. The third-order valence-corrected chi connectivity index (χ3v) is 0.937. The zero-order chi connectivity index (χ0) is 7.40. The Morgan fingerprint density at radius 2 is 2.60 bits per heavy atom. The van der Waals surface area contributed by atoms with Crippen LogP contribution in [-0.2, 0) is 4.74 Å². The predicted octanol–water partition coefficient (Wildman–Crippen LogP) is 0.353. The van der Waals surface area contributed by atoms with E-state index in [-0.39, 0.29) is 12.5 Å². The second-order valence-electron chi connectivity index (χ2n) is 1.58. The Morgan fingerprint density at radius 3 is 3.10 bits per heavy atom. The van der Waals surface area contributed by atoms with E-state index in [4.69, 9.17) is 10.2 Å². The number of nitrogens with two attached hydrogens (primary N) is 1. The first-order chi connectivity index (χ1) is 4.84. The zero-order valence-corrected chi connectivity index (χ0v) is 5.24. The Bertz CT molecular complexity index is 205. The van der Waals surface area contributed by atoms with Gasteiger partial charge in [0, 0.05) is 0 Å². The van der Waals surface area contributed by atoms with Crippen LogP contribution in [0.5, 0.6) is 0 Å². The topological polar surface area (TPSA) is 65.5 Å². The van der Waals surface area contributed by atoms with E-state index in [1.165, 1.54) is 12.3 Å². The summed E-state index contributed by atoms with van der Waals surface area (Å²) in [5, 5.41) is 0. The van der Waals surface area contributed by atoms with Crippen LogP contribution in [0.15, 0.2) is 22.8 Å². The van der Waals surface area contributed by atoms with Crippen molar-refractivity contribution in [3.63, 3.8) is 0 Å². The van der Waals surface area contributed by atoms with Crippen LogP contribution in [0.25, 0.3) is 0 Å². The Labute approximate surface area is 57.6 Å². The number of ether oxygens (including phenoxy) is 1. The standard InChI is InChI=1S/C6H7NO3/c7-4-10-6(8)5-2-1-3-9-5/h1-3H,4,7H2. The average molecular weight is 141 g/mol. The lowest BCUT2D eigenvalue weighted by Gasteiger charge is -1.94. The number of hydrogen-bond acceptors (Lipinski definition) is 4. The van der Waals surface area contributed by atoms with Gasteiger partial charge in [0.05, 0.1) is 6.26 Å². The lowest BCUT2D eigenvalue weighted by molar-refractivity contribution is 0.0479. The highest BCUT2D eigenvalue weighted by Crippen LogP contribution is 2.00. The van der Waals surface area contributed by atoms with Gasteiger partial charge in [-0.1, -0.05) is 0 Å². The summed E-state index contributed by atoms with van der Waals surface area (Å²) in [7, 11) is 0. The van der Waals surface area contributed by atoms with E-state index in [0.717, 1.165) is 0 Å². The predicted molar refractivity (Wildman–Crippen MR) is 33.2 cm³/mol. The lowest BCUT2D eigenvalue weighted by Crippen LogP contribution is -2.11. The minimum absolute atomic E-state index is 0.125. The van der Waals surface area contributed by atoms with Crippen molar-refractivity contribution in [1.82, 2.24) is 0 Å². The summed E-state index contributed by atoms with van der Waals surface area (Å²) in [6.45, 7) is -0.125. The summed E-state index contributed by atoms with van der Waals surface area (Å²) < 4.78 is 9.15. The zero-order valence-electron chi connectivity index (χ0n) is 5.24. The quantitative estimate of drug-likeness (QED) is 0.476. The van der Waals surface area contributed by atoms with E-state index < -0.39 is 5.97 Å². The molecule has 10 heavy (non-hydrogen) atoms. The Kier molecular flexibility index (Phi) is 2.07. The number of furan rings is 1. The van der Waals surface area contributed by atoms with Crippen molar-refractivity contribution >= 4 is 5.97 Å². The summed E-state index contributed by atoms with van der Waals surface area (Å²) in [4.78, 5) is 10.7. The van der Waals surface area contributed by atoms with Gasteiger partial charge in [-0.05, 0) is 12.1 Å². The Hall–Kier alpha value is -1.29. The van der Waals surface area contributed by atoms with Gasteiger partial charge in [0.25, 0.3) is 0 Å². The van der Waals surface area contributed by atoms with E-state index in [9.17, 15) is 4.79 Å². The highest BCUT2D eigenvalue weighted by atomic mass is 16.6. The number of carbonyl (C=O) groups excluding carboxylic acids is 1. The molecule has 0 fully saturated rings. The first-order valence-electron chi connectivity index (χ1n) is 2.75. The maximum absolute atomic E-state index is 10.7. The molecule has 0 saturated heterocycles. The largest absolute Gasteiger partial charge is 0.457 e. The molecule has 0 radical (unpaired) electrons. The van der Waals surface area contributed by atoms with Gasteiger partial charge in [-0.15, -0.1) is 0 Å². The van der Waals surface area contributed by atoms with E-state index >= 15 is 0 Å². The molecule has 0 aromatic carbocycles. The molecule has 4 heteroatoms. The number of carbonyl (C=O) groups is 1. The number of esters is 1. The van der Waals surface area contributed by atoms with Gasteiger partial charge in [-0.3, -0.25) is 5.73 Å². The van der Waals surface area contributed by atoms with Crippen LogP contribution >= 0.6 is 0 Å². The third-order valence-electron chi connectivity index (χ3n) is 0.937. The molecule has 0 amide bonds. The van der Waals surface area contributed by atoms with Crippen molar-refractivity contribution in [3.05, 3.63) is 24.2 Å². The highest BCUT2D eigenvalue weighted by molar-refractivity contribution is 5.86. The van der Waals surface area contributed by atoms with Gasteiger partial charge in [0.15, 0.2) is 0 Å². The number of rotatable bonds is 2. The molecule has 0 aliphatic rings. The molecule has 1 aromatic heterocycles. The molecular formula is C6H7NO3. The van der Waals surface area contributed by atoms with Crippen molar-refractivity contribution in [1.29, 1.82) is 0 Å². The van der Waals surface area contributed by atoms with Crippen molar-refractivity contribution in [2.45, 2.75) is 0 Å². The van der Waals surface area contributed by atoms with Gasteiger partial charge in [0.1, 0.15) is 6.73 Å². The first kappa shape index (κ1) is 6.82.